The lowest BCUT2D eigenvalue weighted by Gasteiger charge is -2.18. The van der Waals surface area contributed by atoms with E-state index in [4.69, 9.17) is 0 Å². The van der Waals surface area contributed by atoms with Crippen molar-refractivity contribution < 1.29 is 4.92 Å². The van der Waals surface area contributed by atoms with Gasteiger partial charge in [-0.05, 0) is 51.8 Å². The molecule has 0 saturated heterocycles. The molecule has 2 rings (SSSR count). The molecule has 2 aromatic rings. The summed E-state index contributed by atoms with van der Waals surface area (Å²) in [6.45, 7) is 10.3. The Bertz CT molecular complexity index is 850. The van der Waals surface area contributed by atoms with Gasteiger partial charge in [0.2, 0.25) is 0 Å². The Morgan fingerprint density at radius 1 is 1.30 bits per heavy atom. The zero-order valence-electron chi connectivity index (χ0n) is 18.2. The minimum atomic E-state index is -0.405. The number of hydrogen-bond acceptors (Lipinski definition) is 5. The Morgan fingerprint density at radius 2 is 1.97 bits per heavy atom. The molecule has 0 aliphatic rings. The number of aromatic nitrogens is 2. The van der Waals surface area contributed by atoms with Crippen molar-refractivity contribution in [2.24, 2.45) is 12.0 Å². The van der Waals surface area contributed by atoms with E-state index in [9.17, 15) is 10.1 Å². The van der Waals surface area contributed by atoms with Crippen molar-refractivity contribution >= 4 is 41.3 Å². The number of rotatable bonds is 9. The number of nitrogens with one attached hydrogen (secondary N) is 3. The third-order valence-electron chi connectivity index (χ3n) is 4.69. The standard InChI is InChI=1S/C20H31N7O2.HI/c1-6-21-20(24-14(2)13-19-15(3)25-26(5)16(19)4)23-12-11-22-17-7-9-18(10-8-17)27(28)29;/h7-10,14,22H,6,11-13H2,1-5H3,(H2,21,23,24);1H. The van der Waals surface area contributed by atoms with Gasteiger partial charge in [0, 0.05) is 49.7 Å². The summed E-state index contributed by atoms with van der Waals surface area (Å²) in [7, 11) is 1.97. The van der Waals surface area contributed by atoms with Crippen molar-refractivity contribution in [3.8, 4) is 0 Å². The number of aryl methyl sites for hydroxylation is 2. The van der Waals surface area contributed by atoms with Crippen LogP contribution in [0.2, 0.25) is 0 Å². The first-order valence-electron chi connectivity index (χ1n) is 9.84. The molecule has 0 bridgehead atoms. The van der Waals surface area contributed by atoms with Crippen LogP contribution in [0.3, 0.4) is 0 Å². The van der Waals surface area contributed by atoms with Crippen LogP contribution in [0.15, 0.2) is 29.3 Å². The average Bonchev–Trinajstić information content (AvgIpc) is 2.91. The van der Waals surface area contributed by atoms with E-state index in [0.717, 1.165) is 30.3 Å². The van der Waals surface area contributed by atoms with Gasteiger partial charge >= 0.3 is 0 Å². The Balaban J connectivity index is 0.00000450. The number of aliphatic imine (C=N–C) groups is 1. The van der Waals surface area contributed by atoms with Crippen LogP contribution in [0.25, 0.3) is 0 Å². The first-order chi connectivity index (χ1) is 13.8. The molecule has 0 saturated carbocycles. The quantitative estimate of drug-likeness (QED) is 0.115. The van der Waals surface area contributed by atoms with Gasteiger partial charge in [0.25, 0.3) is 5.69 Å². The third kappa shape index (κ3) is 7.47. The maximum Gasteiger partial charge on any atom is 0.269 e. The SMILES string of the molecule is CCNC(=NCCNc1ccc([N+](=O)[O-])cc1)NC(C)Cc1c(C)nn(C)c1C.I. The fraction of sp³-hybridized carbons (Fsp3) is 0.500. The summed E-state index contributed by atoms with van der Waals surface area (Å²) in [6, 6.07) is 6.58. The summed E-state index contributed by atoms with van der Waals surface area (Å²) in [5.41, 5.74) is 4.43. The fourth-order valence-corrected chi connectivity index (χ4v) is 3.09. The summed E-state index contributed by atoms with van der Waals surface area (Å²) < 4.78 is 1.92. The van der Waals surface area contributed by atoms with E-state index in [1.807, 2.05) is 25.6 Å². The van der Waals surface area contributed by atoms with E-state index in [-0.39, 0.29) is 35.7 Å². The van der Waals surface area contributed by atoms with Crippen LogP contribution in [-0.2, 0) is 13.5 Å². The average molecular weight is 529 g/mol. The Labute approximate surface area is 194 Å². The second-order valence-electron chi connectivity index (χ2n) is 7.01. The van der Waals surface area contributed by atoms with Crippen molar-refractivity contribution in [2.75, 3.05) is 25.0 Å². The smallest absolute Gasteiger partial charge is 0.269 e. The molecule has 3 N–H and O–H groups in total. The van der Waals surface area contributed by atoms with Gasteiger partial charge in [0.1, 0.15) is 0 Å². The zero-order valence-corrected chi connectivity index (χ0v) is 20.6. The zero-order chi connectivity index (χ0) is 21.4. The van der Waals surface area contributed by atoms with E-state index >= 15 is 0 Å². The second kappa shape index (κ2) is 12.4. The Kier molecular flexibility index (Phi) is 10.6. The molecule has 10 heteroatoms. The molecule has 1 aromatic carbocycles. The lowest BCUT2D eigenvalue weighted by Crippen LogP contribution is -2.43. The third-order valence-corrected chi connectivity index (χ3v) is 4.69. The van der Waals surface area contributed by atoms with E-state index in [2.05, 4.69) is 39.9 Å². The van der Waals surface area contributed by atoms with Crippen molar-refractivity contribution in [3.05, 3.63) is 51.3 Å². The number of nitro groups is 1. The number of benzene rings is 1. The Morgan fingerprint density at radius 3 is 2.50 bits per heavy atom. The summed E-state index contributed by atoms with van der Waals surface area (Å²) in [6.07, 6.45) is 0.872. The molecular weight excluding hydrogens is 497 g/mol. The topological polar surface area (TPSA) is 109 Å². The predicted molar refractivity (Wildman–Crippen MR) is 132 cm³/mol. The number of anilines is 1. The van der Waals surface area contributed by atoms with E-state index < -0.39 is 4.92 Å². The molecule has 0 amide bonds. The van der Waals surface area contributed by atoms with Crippen LogP contribution in [-0.4, -0.2) is 46.3 Å². The molecule has 1 atom stereocenters. The van der Waals surface area contributed by atoms with Crippen LogP contribution in [0, 0.1) is 24.0 Å². The van der Waals surface area contributed by atoms with Crippen LogP contribution in [0.5, 0.6) is 0 Å². The van der Waals surface area contributed by atoms with Gasteiger partial charge in [0.05, 0.1) is 17.2 Å². The van der Waals surface area contributed by atoms with Gasteiger partial charge in [-0.2, -0.15) is 5.10 Å². The van der Waals surface area contributed by atoms with Crippen LogP contribution >= 0.6 is 24.0 Å². The summed E-state index contributed by atoms with van der Waals surface area (Å²) in [5.74, 6) is 0.768. The first-order valence-corrected chi connectivity index (χ1v) is 9.84. The van der Waals surface area contributed by atoms with Gasteiger partial charge in [0.15, 0.2) is 5.96 Å². The highest BCUT2D eigenvalue weighted by Crippen LogP contribution is 2.15. The number of halogens is 1. The second-order valence-corrected chi connectivity index (χ2v) is 7.01. The summed E-state index contributed by atoms with van der Waals surface area (Å²) >= 11 is 0. The number of non-ortho nitro benzene ring substituents is 1. The molecule has 0 radical (unpaired) electrons. The van der Waals surface area contributed by atoms with Crippen LogP contribution in [0.4, 0.5) is 11.4 Å². The molecule has 1 heterocycles. The van der Waals surface area contributed by atoms with Gasteiger partial charge in [-0.3, -0.25) is 19.8 Å². The minimum Gasteiger partial charge on any atom is -0.383 e. The molecule has 0 aliphatic heterocycles. The van der Waals surface area contributed by atoms with Crippen molar-refractivity contribution in [1.82, 2.24) is 20.4 Å². The molecule has 0 fully saturated rings. The molecule has 30 heavy (non-hydrogen) atoms. The minimum absolute atomic E-state index is 0. The lowest BCUT2D eigenvalue weighted by molar-refractivity contribution is -0.384. The fourth-order valence-electron chi connectivity index (χ4n) is 3.09. The highest BCUT2D eigenvalue weighted by molar-refractivity contribution is 14.0. The molecule has 0 aliphatic carbocycles. The monoisotopic (exact) mass is 529 g/mol. The van der Waals surface area contributed by atoms with E-state index in [1.54, 1.807) is 12.1 Å². The molecule has 1 aromatic heterocycles. The van der Waals surface area contributed by atoms with Gasteiger partial charge in [-0.25, -0.2) is 0 Å². The summed E-state index contributed by atoms with van der Waals surface area (Å²) in [4.78, 5) is 14.9. The summed E-state index contributed by atoms with van der Waals surface area (Å²) in [5, 5.41) is 25.1. The van der Waals surface area contributed by atoms with Gasteiger partial charge in [-0.15, -0.1) is 24.0 Å². The van der Waals surface area contributed by atoms with Gasteiger partial charge in [-0.1, -0.05) is 0 Å². The first kappa shape index (κ1) is 25.7. The van der Waals surface area contributed by atoms with Crippen LogP contribution < -0.4 is 16.0 Å². The lowest BCUT2D eigenvalue weighted by atomic mass is 10.1. The molecule has 0 spiro atoms. The number of hydrogen-bond donors (Lipinski definition) is 3. The normalized spacial score (nSPS) is 12.1. The number of nitrogens with zero attached hydrogens (tertiary/aromatic N) is 4. The van der Waals surface area contributed by atoms with Crippen molar-refractivity contribution in [3.63, 3.8) is 0 Å². The maximum absolute atomic E-state index is 10.7. The maximum atomic E-state index is 10.7. The molecule has 1 unspecified atom stereocenters. The Hall–Kier alpha value is -2.37. The van der Waals surface area contributed by atoms with E-state index in [1.165, 1.54) is 23.4 Å². The van der Waals surface area contributed by atoms with Crippen LogP contribution in [0.1, 0.15) is 30.8 Å². The van der Waals surface area contributed by atoms with E-state index in [0.29, 0.717) is 13.1 Å². The van der Waals surface area contributed by atoms with Crippen molar-refractivity contribution in [1.29, 1.82) is 0 Å². The molecule has 9 nitrogen and oxygen atoms in total. The number of nitro benzene ring substituents is 1. The number of guanidine groups is 1. The van der Waals surface area contributed by atoms with Crippen molar-refractivity contribution in [2.45, 2.75) is 40.2 Å². The van der Waals surface area contributed by atoms with Gasteiger partial charge < -0.3 is 16.0 Å². The highest BCUT2D eigenvalue weighted by atomic mass is 127. The highest BCUT2D eigenvalue weighted by Gasteiger charge is 2.14. The largest absolute Gasteiger partial charge is 0.383 e. The predicted octanol–water partition coefficient (Wildman–Crippen LogP) is 3.16. The molecular formula is C20H32IN7O2. The molecule has 166 valence electrons.